The lowest BCUT2D eigenvalue weighted by atomic mass is 10.0. The number of nitrogens with zero attached hydrogens (tertiary/aromatic N) is 2. The van der Waals surface area contributed by atoms with E-state index in [0.717, 1.165) is 0 Å². The van der Waals surface area contributed by atoms with Crippen molar-refractivity contribution >= 4 is 46.5 Å². The number of nitrogens with two attached hydrogens (primary N) is 1. The largest absolute Gasteiger partial charge is 0.456 e. The van der Waals surface area contributed by atoms with Gasteiger partial charge < -0.3 is 15.4 Å². The molecule has 2 aliphatic rings. The fraction of sp³-hybridized carbons (Fsp3) is 0.267. The van der Waals surface area contributed by atoms with E-state index in [1.807, 2.05) is 6.92 Å². The Bertz CT molecular complexity index is 821. The van der Waals surface area contributed by atoms with E-state index in [0.29, 0.717) is 10.6 Å². The molecule has 25 heavy (non-hydrogen) atoms. The SMILES string of the molecule is CC1C(=S)N2C(C(=O)OCc3ccc([N+](=O)[O-])cc3)=C(C(N)=O)S[C@@H]12. The van der Waals surface area contributed by atoms with Crippen molar-refractivity contribution in [3.63, 3.8) is 0 Å². The van der Waals surface area contributed by atoms with Crippen molar-refractivity contribution < 1.29 is 19.2 Å². The lowest BCUT2D eigenvalue weighted by Crippen LogP contribution is -2.55. The molecule has 1 fully saturated rings. The molecule has 3 rings (SSSR count). The predicted octanol–water partition coefficient (Wildman–Crippen LogP) is 1.69. The van der Waals surface area contributed by atoms with E-state index in [9.17, 15) is 19.7 Å². The van der Waals surface area contributed by atoms with E-state index in [4.69, 9.17) is 22.7 Å². The van der Waals surface area contributed by atoms with Crippen LogP contribution in [0, 0.1) is 16.0 Å². The second-order valence-electron chi connectivity index (χ2n) is 5.55. The highest BCUT2D eigenvalue weighted by Gasteiger charge is 2.52. The van der Waals surface area contributed by atoms with E-state index >= 15 is 0 Å². The molecule has 1 aromatic rings. The third-order valence-corrected chi connectivity index (χ3v) is 6.00. The number of nitro benzene ring substituents is 1. The number of amides is 1. The highest BCUT2D eigenvalue weighted by Crippen LogP contribution is 2.49. The number of carbonyl (C=O) groups is 2. The lowest BCUT2D eigenvalue weighted by molar-refractivity contribution is -0.384. The Labute approximate surface area is 152 Å². The molecule has 1 saturated heterocycles. The summed E-state index contributed by atoms with van der Waals surface area (Å²) < 4.78 is 5.24. The first-order valence-electron chi connectivity index (χ1n) is 7.25. The minimum atomic E-state index is -0.698. The zero-order valence-electron chi connectivity index (χ0n) is 13.0. The first-order valence-corrected chi connectivity index (χ1v) is 8.54. The quantitative estimate of drug-likeness (QED) is 0.356. The fourth-order valence-electron chi connectivity index (χ4n) is 2.58. The van der Waals surface area contributed by atoms with E-state index in [2.05, 4.69) is 0 Å². The molecule has 0 bridgehead atoms. The van der Waals surface area contributed by atoms with Crippen LogP contribution in [0.25, 0.3) is 0 Å². The Morgan fingerprint density at radius 1 is 1.40 bits per heavy atom. The topological polar surface area (TPSA) is 116 Å². The Hall–Kier alpha value is -2.46. The number of carbonyl (C=O) groups excluding carboxylic acids is 2. The van der Waals surface area contributed by atoms with Crippen LogP contribution in [0.3, 0.4) is 0 Å². The van der Waals surface area contributed by atoms with Crippen molar-refractivity contribution in [1.29, 1.82) is 0 Å². The number of thiocarbonyl (C=S) groups is 1. The summed E-state index contributed by atoms with van der Waals surface area (Å²) in [5.41, 5.74) is 5.97. The van der Waals surface area contributed by atoms with Gasteiger partial charge in [0.05, 0.1) is 15.3 Å². The van der Waals surface area contributed by atoms with Crippen LogP contribution in [0.5, 0.6) is 0 Å². The van der Waals surface area contributed by atoms with Gasteiger partial charge in [0.15, 0.2) is 0 Å². The molecular weight excluding hydrogens is 366 g/mol. The van der Waals surface area contributed by atoms with Crippen LogP contribution in [0.1, 0.15) is 12.5 Å². The molecule has 2 atom stereocenters. The number of nitro groups is 1. The number of benzene rings is 1. The number of thioether (sulfide) groups is 1. The normalized spacial score (nSPS) is 21.6. The molecule has 1 unspecified atom stereocenters. The predicted molar refractivity (Wildman–Crippen MR) is 94.1 cm³/mol. The van der Waals surface area contributed by atoms with E-state index in [1.165, 1.54) is 36.0 Å². The molecule has 2 aliphatic heterocycles. The summed E-state index contributed by atoms with van der Waals surface area (Å²) in [6.45, 7) is 1.83. The van der Waals surface area contributed by atoms with Gasteiger partial charge in [0.1, 0.15) is 17.2 Å². The van der Waals surface area contributed by atoms with E-state index in [-0.39, 0.29) is 34.2 Å². The Balaban J connectivity index is 1.73. The van der Waals surface area contributed by atoms with Gasteiger partial charge in [-0.25, -0.2) is 4.79 Å². The molecule has 8 nitrogen and oxygen atoms in total. The van der Waals surface area contributed by atoms with Gasteiger partial charge in [0, 0.05) is 18.1 Å². The van der Waals surface area contributed by atoms with Gasteiger partial charge in [0.2, 0.25) is 0 Å². The second kappa shape index (κ2) is 6.45. The average Bonchev–Trinajstić information content (AvgIpc) is 2.96. The van der Waals surface area contributed by atoms with Crippen LogP contribution >= 0.6 is 24.0 Å². The maximum absolute atomic E-state index is 12.4. The van der Waals surface area contributed by atoms with Crippen molar-refractivity contribution in [1.82, 2.24) is 4.90 Å². The number of hydrogen-bond donors (Lipinski definition) is 1. The first kappa shape index (κ1) is 17.4. The van der Waals surface area contributed by atoms with Crippen molar-refractivity contribution in [3.8, 4) is 0 Å². The Morgan fingerprint density at radius 2 is 2.04 bits per heavy atom. The molecule has 0 aromatic heterocycles. The zero-order valence-corrected chi connectivity index (χ0v) is 14.6. The summed E-state index contributed by atoms with van der Waals surface area (Å²) in [6, 6.07) is 5.64. The summed E-state index contributed by atoms with van der Waals surface area (Å²) in [5, 5.41) is 10.5. The van der Waals surface area contributed by atoms with Crippen LogP contribution in [0.15, 0.2) is 34.9 Å². The van der Waals surface area contributed by atoms with Crippen molar-refractivity contribution in [3.05, 3.63) is 50.5 Å². The minimum Gasteiger partial charge on any atom is -0.456 e. The van der Waals surface area contributed by atoms with Gasteiger partial charge in [-0.3, -0.25) is 14.9 Å². The van der Waals surface area contributed by atoms with Crippen LogP contribution < -0.4 is 5.73 Å². The van der Waals surface area contributed by atoms with Crippen LogP contribution in [0.2, 0.25) is 0 Å². The molecular formula is C15H13N3O5S2. The average molecular weight is 379 g/mol. The van der Waals surface area contributed by atoms with Gasteiger partial charge in [-0.05, 0) is 17.7 Å². The lowest BCUT2D eigenvalue weighted by Gasteiger charge is -2.43. The van der Waals surface area contributed by atoms with E-state index in [1.54, 1.807) is 4.90 Å². The Morgan fingerprint density at radius 3 is 2.60 bits per heavy atom. The molecule has 2 heterocycles. The molecule has 10 heteroatoms. The molecule has 0 radical (unpaired) electrons. The molecule has 130 valence electrons. The minimum absolute atomic E-state index is 0.0521. The summed E-state index contributed by atoms with van der Waals surface area (Å²) >= 11 is 6.46. The van der Waals surface area contributed by atoms with Crippen molar-refractivity contribution in [2.24, 2.45) is 11.7 Å². The summed E-state index contributed by atoms with van der Waals surface area (Å²) in [4.78, 5) is 36.5. The maximum atomic E-state index is 12.4. The van der Waals surface area contributed by atoms with Gasteiger partial charge in [-0.1, -0.05) is 30.9 Å². The molecule has 1 amide bonds. The first-order chi connectivity index (χ1) is 11.8. The summed E-state index contributed by atoms with van der Waals surface area (Å²) in [5.74, 6) is -1.33. The van der Waals surface area contributed by atoms with Crippen LogP contribution in [-0.4, -0.2) is 32.1 Å². The second-order valence-corrected chi connectivity index (χ2v) is 7.09. The number of non-ortho nitro benzene ring substituents is 1. The van der Waals surface area contributed by atoms with Gasteiger partial charge in [0.25, 0.3) is 11.6 Å². The monoisotopic (exact) mass is 379 g/mol. The van der Waals surface area contributed by atoms with Crippen molar-refractivity contribution in [2.45, 2.75) is 18.9 Å². The summed E-state index contributed by atoms with van der Waals surface area (Å²) in [7, 11) is 0. The third-order valence-electron chi connectivity index (χ3n) is 3.94. The number of esters is 1. The zero-order chi connectivity index (χ0) is 18.3. The summed E-state index contributed by atoms with van der Waals surface area (Å²) in [6.07, 6.45) is 0. The number of hydrogen-bond acceptors (Lipinski definition) is 7. The smallest absolute Gasteiger partial charge is 0.356 e. The van der Waals surface area contributed by atoms with Crippen LogP contribution in [0.4, 0.5) is 5.69 Å². The van der Waals surface area contributed by atoms with Crippen molar-refractivity contribution in [2.75, 3.05) is 0 Å². The van der Waals surface area contributed by atoms with Gasteiger partial charge in [-0.15, -0.1) is 0 Å². The highest BCUT2D eigenvalue weighted by atomic mass is 32.2. The number of fused-ring (bicyclic) bond motifs is 1. The number of primary amides is 1. The van der Waals surface area contributed by atoms with Gasteiger partial charge >= 0.3 is 5.97 Å². The number of ether oxygens (including phenoxy) is 1. The highest BCUT2D eigenvalue weighted by molar-refractivity contribution is 8.05. The molecule has 0 aliphatic carbocycles. The standard InChI is InChI=1S/C15H13N3O5S2/c1-7-13(24)17-10(11(12(16)19)25-14(7)17)15(20)23-6-8-2-4-9(5-3-8)18(21)22/h2-5,7,14H,6H2,1H3,(H2,16,19)/t7?,14-/m0/s1. The maximum Gasteiger partial charge on any atom is 0.356 e. The molecule has 1 aromatic carbocycles. The van der Waals surface area contributed by atoms with Gasteiger partial charge in [-0.2, -0.15) is 0 Å². The van der Waals surface area contributed by atoms with E-state index < -0.39 is 16.8 Å². The fourth-order valence-corrected chi connectivity index (χ4v) is 4.38. The third kappa shape index (κ3) is 2.98. The molecule has 0 spiro atoms. The molecule has 2 N–H and O–H groups in total. The number of rotatable bonds is 5. The molecule has 0 saturated carbocycles. The van der Waals surface area contributed by atoms with Crippen LogP contribution in [-0.2, 0) is 20.9 Å². The Kier molecular flexibility index (Phi) is 4.48.